The van der Waals surface area contributed by atoms with Crippen molar-refractivity contribution in [3.63, 3.8) is 0 Å². The van der Waals surface area contributed by atoms with E-state index in [1.165, 1.54) is 12.1 Å². The molecule has 5 nitrogen and oxygen atoms in total. The van der Waals surface area contributed by atoms with E-state index in [4.69, 9.17) is 16.3 Å². The molecule has 2 aromatic rings. The lowest BCUT2D eigenvalue weighted by Gasteiger charge is -2.18. The molecule has 2 aromatic carbocycles. The highest BCUT2D eigenvalue weighted by molar-refractivity contribution is 6.30. The number of benzene rings is 2. The number of rotatable bonds is 9. The number of carbonyl (C=O) groups excluding carboxylic acids is 1. The first-order valence-corrected chi connectivity index (χ1v) is 8.62. The first-order chi connectivity index (χ1) is 12.9. The fourth-order valence-electron chi connectivity index (χ4n) is 2.45. The van der Waals surface area contributed by atoms with Gasteiger partial charge in [0.05, 0.1) is 12.8 Å². The lowest BCUT2D eigenvalue weighted by atomic mass is 10.2. The summed E-state index contributed by atoms with van der Waals surface area (Å²) in [5.41, 5.74) is 1.53. The molecule has 0 saturated heterocycles. The summed E-state index contributed by atoms with van der Waals surface area (Å²) in [6, 6.07) is 11.4. The maximum atomic E-state index is 12.3. The maximum absolute atomic E-state index is 12.3. The van der Waals surface area contributed by atoms with Crippen LogP contribution < -0.4 is 14.8 Å². The zero-order valence-corrected chi connectivity index (χ0v) is 15.8. The monoisotopic (exact) mass is 398 g/mol. The Morgan fingerprint density at radius 2 is 1.93 bits per heavy atom. The van der Waals surface area contributed by atoms with Crippen molar-refractivity contribution in [3.8, 4) is 11.5 Å². The lowest BCUT2D eigenvalue weighted by Crippen LogP contribution is -2.27. The van der Waals surface area contributed by atoms with Crippen LogP contribution >= 0.6 is 11.6 Å². The summed E-state index contributed by atoms with van der Waals surface area (Å²) in [7, 11) is 3.25. The van der Waals surface area contributed by atoms with E-state index in [0.29, 0.717) is 23.9 Å². The van der Waals surface area contributed by atoms with Crippen molar-refractivity contribution in [2.45, 2.75) is 19.6 Å². The van der Waals surface area contributed by atoms with Crippen LogP contribution in [0.4, 0.5) is 14.5 Å². The Labute approximate surface area is 161 Å². The van der Waals surface area contributed by atoms with Crippen LogP contribution in [0.5, 0.6) is 11.5 Å². The minimum Gasteiger partial charge on any atom is -0.495 e. The summed E-state index contributed by atoms with van der Waals surface area (Å²) >= 11 is 5.97. The SMILES string of the molecule is COc1ccc(Cl)cc1NCCC(=O)N(C)Cc1ccc(OC(F)F)cc1. The van der Waals surface area contributed by atoms with E-state index in [1.54, 1.807) is 49.4 Å². The van der Waals surface area contributed by atoms with Crippen molar-refractivity contribution in [3.05, 3.63) is 53.1 Å². The number of alkyl halides is 2. The highest BCUT2D eigenvalue weighted by Gasteiger charge is 2.11. The second-order valence-corrected chi connectivity index (χ2v) is 6.23. The third-order valence-electron chi connectivity index (χ3n) is 3.81. The van der Waals surface area contributed by atoms with Crippen molar-refractivity contribution in [2.75, 3.05) is 26.0 Å². The van der Waals surface area contributed by atoms with Gasteiger partial charge in [-0.1, -0.05) is 23.7 Å². The second-order valence-electron chi connectivity index (χ2n) is 5.79. The van der Waals surface area contributed by atoms with Gasteiger partial charge in [0.2, 0.25) is 5.91 Å². The Morgan fingerprint density at radius 3 is 2.56 bits per heavy atom. The Balaban J connectivity index is 1.82. The van der Waals surface area contributed by atoms with Crippen LogP contribution in [0, 0.1) is 0 Å². The molecule has 0 aliphatic carbocycles. The summed E-state index contributed by atoms with van der Waals surface area (Å²) < 4.78 is 33.8. The fourth-order valence-corrected chi connectivity index (χ4v) is 2.62. The highest BCUT2D eigenvalue weighted by Crippen LogP contribution is 2.27. The average Bonchev–Trinajstić information content (AvgIpc) is 2.63. The van der Waals surface area contributed by atoms with Crippen molar-refractivity contribution in [2.24, 2.45) is 0 Å². The molecule has 2 rings (SSSR count). The van der Waals surface area contributed by atoms with Crippen LogP contribution in [-0.2, 0) is 11.3 Å². The van der Waals surface area contributed by atoms with Crippen molar-refractivity contribution in [1.29, 1.82) is 0 Å². The van der Waals surface area contributed by atoms with E-state index in [2.05, 4.69) is 10.1 Å². The van der Waals surface area contributed by atoms with Gasteiger partial charge in [-0.2, -0.15) is 8.78 Å². The molecule has 8 heteroatoms. The average molecular weight is 399 g/mol. The minimum atomic E-state index is -2.86. The van der Waals surface area contributed by atoms with Crippen LogP contribution in [0.15, 0.2) is 42.5 Å². The maximum Gasteiger partial charge on any atom is 0.387 e. The van der Waals surface area contributed by atoms with E-state index in [-0.39, 0.29) is 18.1 Å². The molecule has 0 spiro atoms. The summed E-state index contributed by atoms with van der Waals surface area (Å²) in [5.74, 6) is 0.671. The van der Waals surface area contributed by atoms with Gasteiger partial charge in [0.15, 0.2) is 0 Å². The van der Waals surface area contributed by atoms with E-state index < -0.39 is 6.61 Å². The summed E-state index contributed by atoms with van der Waals surface area (Å²) in [6.45, 7) is -2.07. The van der Waals surface area contributed by atoms with E-state index >= 15 is 0 Å². The normalized spacial score (nSPS) is 10.6. The molecule has 0 bridgehead atoms. The number of anilines is 1. The molecular formula is C19H21ClF2N2O3. The molecule has 0 heterocycles. The number of halogens is 3. The van der Waals surface area contributed by atoms with Crippen molar-refractivity contribution < 1.29 is 23.0 Å². The van der Waals surface area contributed by atoms with Crippen LogP contribution in [0.25, 0.3) is 0 Å². The number of nitrogens with zero attached hydrogens (tertiary/aromatic N) is 1. The first kappa shape index (κ1) is 20.8. The molecule has 1 amide bonds. The molecule has 0 aliphatic rings. The number of nitrogens with one attached hydrogen (secondary N) is 1. The smallest absolute Gasteiger partial charge is 0.387 e. The number of amides is 1. The largest absolute Gasteiger partial charge is 0.495 e. The molecule has 146 valence electrons. The minimum absolute atomic E-state index is 0.0589. The van der Waals surface area contributed by atoms with Crippen LogP contribution in [-0.4, -0.2) is 38.1 Å². The zero-order chi connectivity index (χ0) is 19.8. The van der Waals surface area contributed by atoms with Gasteiger partial charge in [0.1, 0.15) is 11.5 Å². The molecule has 27 heavy (non-hydrogen) atoms. The van der Waals surface area contributed by atoms with Crippen molar-refractivity contribution >= 4 is 23.2 Å². The number of carbonyl (C=O) groups is 1. The molecular weight excluding hydrogens is 378 g/mol. The van der Waals surface area contributed by atoms with Gasteiger partial charge in [-0.3, -0.25) is 4.79 Å². The second kappa shape index (κ2) is 9.97. The molecule has 0 aliphatic heterocycles. The predicted molar refractivity (Wildman–Crippen MR) is 101 cm³/mol. The molecule has 0 fully saturated rings. The quantitative estimate of drug-likeness (QED) is 0.679. The predicted octanol–water partition coefficient (Wildman–Crippen LogP) is 4.41. The van der Waals surface area contributed by atoms with Gasteiger partial charge >= 0.3 is 6.61 Å². The first-order valence-electron chi connectivity index (χ1n) is 8.24. The number of ether oxygens (including phenoxy) is 2. The van der Waals surface area contributed by atoms with Gasteiger partial charge in [-0.25, -0.2) is 0 Å². The summed E-state index contributed by atoms with van der Waals surface area (Å²) in [6.07, 6.45) is 0.277. The van der Waals surface area contributed by atoms with Gasteiger partial charge in [0.25, 0.3) is 0 Å². The third kappa shape index (κ3) is 6.60. The zero-order valence-electron chi connectivity index (χ0n) is 15.0. The lowest BCUT2D eigenvalue weighted by molar-refractivity contribution is -0.130. The molecule has 0 radical (unpaired) electrons. The number of hydrogen-bond donors (Lipinski definition) is 1. The standard InChI is InChI=1S/C19H21ClF2N2O3/c1-24(12-13-3-6-15(7-4-13)27-19(21)22)18(25)9-10-23-16-11-14(20)5-8-17(16)26-2/h3-8,11,19,23H,9-10,12H2,1-2H3. The van der Waals surface area contributed by atoms with E-state index in [9.17, 15) is 13.6 Å². The molecule has 0 saturated carbocycles. The Hall–Kier alpha value is -2.54. The summed E-state index contributed by atoms with van der Waals surface area (Å²) in [5, 5.41) is 3.71. The Kier molecular flexibility index (Phi) is 7.67. The van der Waals surface area contributed by atoms with Gasteiger partial charge in [0, 0.05) is 31.6 Å². The van der Waals surface area contributed by atoms with E-state index in [0.717, 1.165) is 11.3 Å². The van der Waals surface area contributed by atoms with Gasteiger partial charge < -0.3 is 19.7 Å². The van der Waals surface area contributed by atoms with Crippen LogP contribution in [0.3, 0.4) is 0 Å². The van der Waals surface area contributed by atoms with Gasteiger partial charge in [-0.05, 0) is 35.9 Å². The molecule has 1 N–H and O–H groups in total. The van der Waals surface area contributed by atoms with Gasteiger partial charge in [-0.15, -0.1) is 0 Å². The molecule has 0 unspecified atom stereocenters. The topological polar surface area (TPSA) is 50.8 Å². The van der Waals surface area contributed by atoms with Crippen molar-refractivity contribution in [1.82, 2.24) is 4.90 Å². The fraction of sp³-hybridized carbons (Fsp3) is 0.316. The van der Waals surface area contributed by atoms with Crippen LogP contribution in [0.1, 0.15) is 12.0 Å². The number of methoxy groups -OCH3 is 1. The Morgan fingerprint density at radius 1 is 1.22 bits per heavy atom. The Bertz CT molecular complexity index is 757. The van der Waals surface area contributed by atoms with Crippen LogP contribution in [0.2, 0.25) is 5.02 Å². The summed E-state index contributed by atoms with van der Waals surface area (Å²) in [4.78, 5) is 13.8. The molecule has 0 aromatic heterocycles. The number of hydrogen-bond acceptors (Lipinski definition) is 4. The molecule has 0 atom stereocenters. The van der Waals surface area contributed by atoms with E-state index in [1.807, 2.05) is 0 Å². The third-order valence-corrected chi connectivity index (χ3v) is 4.04. The highest BCUT2D eigenvalue weighted by atomic mass is 35.5.